The van der Waals surface area contributed by atoms with Crippen LogP contribution in [0.1, 0.15) is 39.0 Å². The summed E-state index contributed by atoms with van der Waals surface area (Å²) in [4.78, 5) is 0. The highest BCUT2D eigenvalue weighted by molar-refractivity contribution is 6.31. The van der Waals surface area contributed by atoms with Crippen molar-refractivity contribution in [2.75, 3.05) is 13.7 Å². The van der Waals surface area contributed by atoms with Crippen molar-refractivity contribution in [1.82, 2.24) is 5.32 Å². The SMILES string of the molecule is CCNC(CC(C)(C)OC)c1cc2cc(Cl)ccc2o1. The Hall–Kier alpha value is -1.03. The molecule has 0 aliphatic heterocycles. The van der Waals surface area contributed by atoms with Gasteiger partial charge in [-0.1, -0.05) is 18.5 Å². The Bertz CT molecular complexity index is 577. The van der Waals surface area contributed by atoms with Crippen molar-refractivity contribution >= 4 is 22.6 Å². The molecule has 1 atom stereocenters. The Kier molecular flexibility index (Phi) is 4.74. The third-order valence-corrected chi connectivity index (χ3v) is 3.77. The fraction of sp³-hybridized carbons (Fsp3) is 0.500. The molecule has 4 heteroatoms. The smallest absolute Gasteiger partial charge is 0.134 e. The second-order valence-corrected chi connectivity index (χ2v) is 6.05. The number of fused-ring (bicyclic) bond motifs is 1. The molecule has 0 radical (unpaired) electrons. The summed E-state index contributed by atoms with van der Waals surface area (Å²) in [5.41, 5.74) is 0.659. The zero-order valence-electron chi connectivity index (χ0n) is 12.5. The molecule has 0 aliphatic rings. The van der Waals surface area contributed by atoms with Crippen LogP contribution in [0.25, 0.3) is 11.0 Å². The highest BCUT2D eigenvalue weighted by Gasteiger charge is 2.25. The predicted octanol–water partition coefficient (Wildman–Crippen LogP) is 4.55. The zero-order valence-corrected chi connectivity index (χ0v) is 13.3. The molecule has 0 fully saturated rings. The number of halogens is 1. The predicted molar refractivity (Wildman–Crippen MR) is 83.3 cm³/mol. The van der Waals surface area contributed by atoms with Crippen LogP contribution in [0, 0.1) is 0 Å². The molecule has 0 bridgehead atoms. The van der Waals surface area contributed by atoms with Crippen LogP contribution in [0.5, 0.6) is 0 Å². The molecular formula is C16H22ClNO2. The van der Waals surface area contributed by atoms with Crippen LogP contribution in [-0.2, 0) is 4.74 Å². The summed E-state index contributed by atoms with van der Waals surface area (Å²) < 4.78 is 11.5. The van der Waals surface area contributed by atoms with Gasteiger partial charge in [-0.05, 0) is 51.1 Å². The maximum atomic E-state index is 6.02. The second kappa shape index (κ2) is 6.17. The normalized spacial score (nSPS) is 13.8. The molecule has 0 saturated carbocycles. The number of hydrogen-bond donors (Lipinski definition) is 1. The second-order valence-electron chi connectivity index (χ2n) is 5.61. The number of hydrogen-bond acceptors (Lipinski definition) is 3. The summed E-state index contributed by atoms with van der Waals surface area (Å²) >= 11 is 6.02. The number of nitrogens with one attached hydrogen (secondary N) is 1. The Morgan fingerprint density at radius 2 is 2.10 bits per heavy atom. The fourth-order valence-electron chi connectivity index (χ4n) is 2.30. The van der Waals surface area contributed by atoms with Gasteiger partial charge in [0, 0.05) is 17.5 Å². The van der Waals surface area contributed by atoms with E-state index in [-0.39, 0.29) is 11.6 Å². The van der Waals surface area contributed by atoms with Gasteiger partial charge in [-0.3, -0.25) is 0 Å². The van der Waals surface area contributed by atoms with Crippen molar-refractivity contribution in [2.24, 2.45) is 0 Å². The minimum atomic E-state index is -0.205. The van der Waals surface area contributed by atoms with E-state index in [1.165, 1.54) is 0 Å². The van der Waals surface area contributed by atoms with E-state index in [1.54, 1.807) is 7.11 Å². The van der Waals surface area contributed by atoms with E-state index in [9.17, 15) is 0 Å². The van der Waals surface area contributed by atoms with Crippen LogP contribution in [0.2, 0.25) is 5.02 Å². The van der Waals surface area contributed by atoms with Crippen LogP contribution >= 0.6 is 11.6 Å². The molecule has 3 nitrogen and oxygen atoms in total. The Balaban J connectivity index is 2.31. The van der Waals surface area contributed by atoms with Gasteiger partial charge in [0.25, 0.3) is 0 Å². The van der Waals surface area contributed by atoms with E-state index >= 15 is 0 Å². The molecule has 1 unspecified atom stereocenters. The topological polar surface area (TPSA) is 34.4 Å². The third-order valence-electron chi connectivity index (χ3n) is 3.54. The van der Waals surface area contributed by atoms with Gasteiger partial charge in [-0.2, -0.15) is 0 Å². The maximum Gasteiger partial charge on any atom is 0.134 e. The van der Waals surface area contributed by atoms with Crippen LogP contribution in [-0.4, -0.2) is 19.3 Å². The molecule has 1 aromatic carbocycles. The van der Waals surface area contributed by atoms with E-state index in [2.05, 4.69) is 32.2 Å². The van der Waals surface area contributed by atoms with Crippen molar-refractivity contribution < 1.29 is 9.15 Å². The summed E-state index contributed by atoms with van der Waals surface area (Å²) in [7, 11) is 1.74. The van der Waals surface area contributed by atoms with Gasteiger partial charge >= 0.3 is 0 Å². The summed E-state index contributed by atoms with van der Waals surface area (Å²) in [6, 6.07) is 7.86. The van der Waals surface area contributed by atoms with Crippen molar-refractivity contribution in [3.8, 4) is 0 Å². The van der Waals surface area contributed by atoms with Crippen LogP contribution in [0.15, 0.2) is 28.7 Å². The zero-order chi connectivity index (χ0) is 14.8. The van der Waals surface area contributed by atoms with Crippen molar-refractivity contribution in [2.45, 2.75) is 38.8 Å². The molecule has 1 aromatic heterocycles. The van der Waals surface area contributed by atoms with Crippen LogP contribution in [0.3, 0.4) is 0 Å². The average Bonchev–Trinajstić information content (AvgIpc) is 2.81. The molecule has 0 amide bonds. The van der Waals surface area contributed by atoms with Gasteiger partial charge in [0.05, 0.1) is 11.6 Å². The monoisotopic (exact) mass is 295 g/mol. The molecular weight excluding hydrogens is 274 g/mol. The highest BCUT2D eigenvalue weighted by atomic mass is 35.5. The lowest BCUT2D eigenvalue weighted by Gasteiger charge is -2.27. The minimum Gasteiger partial charge on any atom is -0.459 e. The van der Waals surface area contributed by atoms with Crippen molar-refractivity contribution in [3.63, 3.8) is 0 Å². The number of benzene rings is 1. The lowest BCUT2D eigenvalue weighted by atomic mass is 9.97. The Morgan fingerprint density at radius 3 is 2.75 bits per heavy atom. The van der Waals surface area contributed by atoms with Gasteiger partial charge in [0.1, 0.15) is 11.3 Å². The fourth-order valence-corrected chi connectivity index (χ4v) is 2.48. The number of methoxy groups -OCH3 is 1. The van der Waals surface area contributed by atoms with Crippen molar-refractivity contribution in [3.05, 3.63) is 35.0 Å². The largest absolute Gasteiger partial charge is 0.459 e. The molecule has 110 valence electrons. The van der Waals surface area contributed by atoms with Gasteiger partial charge in [0.15, 0.2) is 0 Å². The summed E-state index contributed by atoms with van der Waals surface area (Å²) in [5, 5.41) is 5.22. The van der Waals surface area contributed by atoms with Gasteiger partial charge in [0.2, 0.25) is 0 Å². The van der Waals surface area contributed by atoms with E-state index in [0.29, 0.717) is 0 Å². The molecule has 2 rings (SSSR count). The van der Waals surface area contributed by atoms with Crippen LogP contribution in [0.4, 0.5) is 0 Å². The average molecular weight is 296 g/mol. The number of rotatable bonds is 6. The molecule has 1 heterocycles. The van der Waals surface area contributed by atoms with Crippen molar-refractivity contribution in [1.29, 1.82) is 0 Å². The molecule has 1 N–H and O–H groups in total. The lowest BCUT2D eigenvalue weighted by molar-refractivity contribution is 0.00529. The molecule has 0 aliphatic carbocycles. The van der Waals surface area contributed by atoms with Gasteiger partial charge in [-0.15, -0.1) is 0 Å². The highest BCUT2D eigenvalue weighted by Crippen LogP contribution is 2.31. The number of ether oxygens (including phenoxy) is 1. The Labute approximate surface area is 125 Å². The quantitative estimate of drug-likeness (QED) is 0.849. The van der Waals surface area contributed by atoms with E-state index in [1.807, 2.05) is 18.2 Å². The minimum absolute atomic E-state index is 0.126. The summed E-state index contributed by atoms with van der Waals surface area (Å²) in [6.07, 6.45) is 0.838. The summed E-state index contributed by atoms with van der Waals surface area (Å²) in [5.74, 6) is 0.925. The standard InChI is InChI=1S/C16H22ClNO2/c1-5-18-13(10-16(2,3)19-4)15-9-11-8-12(17)6-7-14(11)20-15/h6-9,13,18H,5,10H2,1-4H3. The molecule has 0 spiro atoms. The molecule has 20 heavy (non-hydrogen) atoms. The molecule has 2 aromatic rings. The van der Waals surface area contributed by atoms with Gasteiger partial charge in [-0.25, -0.2) is 0 Å². The summed E-state index contributed by atoms with van der Waals surface area (Å²) in [6.45, 7) is 7.13. The first-order chi connectivity index (χ1) is 9.45. The molecule has 0 saturated heterocycles. The van der Waals surface area contributed by atoms with Gasteiger partial charge < -0.3 is 14.5 Å². The third kappa shape index (κ3) is 3.54. The van der Waals surface area contributed by atoms with E-state index in [4.69, 9.17) is 20.8 Å². The van der Waals surface area contributed by atoms with E-state index in [0.717, 1.165) is 34.7 Å². The first-order valence-corrected chi connectivity index (χ1v) is 7.30. The Morgan fingerprint density at radius 1 is 1.35 bits per heavy atom. The first kappa shape index (κ1) is 15.4. The lowest BCUT2D eigenvalue weighted by Crippen LogP contribution is -2.31. The first-order valence-electron chi connectivity index (χ1n) is 6.92. The maximum absolute atomic E-state index is 6.02. The van der Waals surface area contributed by atoms with E-state index < -0.39 is 0 Å². The number of furan rings is 1. The van der Waals surface area contributed by atoms with Crippen LogP contribution < -0.4 is 5.32 Å².